The number of carbonyl (C=O) groups excluding carboxylic acids is 1. The van der Waals surface area contributed by atoms with Crippen LogP contribution in [0, 0.1) is 5.92 Å². The largest absolute Gasteiger partial charge is 0.475 e. The highest BCUT2D eigenvalue weighted by Crippen LogP contribution is 2.24. The van der Waals surface area contributed by atoms with Gasteiger partial charge in [-0.25, -0.2) is 0 Å². The normalized spacial score (nSPS) is 15.5. The molecule has 4 heterocycles. The number of carbonyl (C=O) groups is 1. The zero-order chi connectivity index (χ0) is 23.9. The molecule has 8 nitrogen and oxygen atoms in total. The number of nitrogens with one attached hydrogen (secondary N) is 1. The Bertz CT molecular complexity index is 1220. The minimum atomic E-state index is -0.0933. The molecule has 35 heavy (non-hydrogen) atoms. The van der Waals surface area contributed by atoms with Crippen LogP contribution in [0.3, 0.4) is 0 Å². The topological polar surface area (TPSA) is 93.1 Å². The van der Waals surface area contributed by atoms with Crippen LogP contribution in [0.25, 0.3) is 21.8 Å². The number of benzene rings is 1. The second-order valence-electron chi connectivity index (χ2n) is 8.30. The van der Waals surface area contributed by atoms with E-state index in [9.17, 15) is 4.79 Å². The second kappa shape index (κ2) is 11.1. The maximum absolute atomic E-state index is 12.7. The first-order valence-corrected chi connectivity index (χ1v) is 12.6. The van der Waals surface area contributed by atoms with E-state index in [1.54, 1.807) is 17.4 Å². The second-order valence-corrected chi connectivity index (χ2v) is 9.25. The molecule has 0 spiro atoms. The van der Waals surface area contributed by atoms with Gasteiger partial charge in [-0.3, -0.25) is 4.79 Å². The lowest BCUT2D eigenvalue weighted by atomic mass is 9.97. The maximum atomic E-state index is 12.7. The third-order valence-electron chi connectivity index (χ3n) is 5.90. The molecule has 9 heteroatoms. The molecule has 1 N–H and O–H groups in total. The van der Waals surface area contributed by atoms with Gasteiger partial charge in [-0.1, -0.05) is 36.4 Å². The van der Waals surface area contributed by atoms with Gasteiger partial charge in [-0.15, -0.1) is 31.7 Å². The molecule has 1 amide bonds. The number of amides is 1. The minimum Gasteiger partial charge on any atom is -0.475 e. The Morgan fingerprint density at radius 1 is 0.971 bits per heavy atom. The van der Waals surface area contributed by atoms with Crippen molar-refractivity contribution in [2.75, 3.05) is 31.1 Å². The summed E-state index contributed by atoms with van der Waals surface area (Å²) in [6.07, 6.45) is 1.79. The molecule has 1 fully saturated rings. The molecule has 1 unspecified atom stereocenters. The first-order chi connectivity index (χ1) is 17.3. The fraction of sp³-hybridized carbons (Fsp3) is 0.269. The van der Waals surface area contributed by atoms with Crippen LogP contribution in [-0.2, 0) is 4.79 Å². The van der Waals surface area contributed by atoms with Crippen molar-refractivity contribution in [3.8, 4) is 27.7 Å². The Kier molecular flexibility index (Phi) is 7.24. The fourth-order valence-electron chi connectivity index (χ4n) is 4.08. The number of anilines is 1. The Hall–Kier alpha value is -3.85. The van der Waals surface area contributed by atoms with E-state index in [2.05, 4.69) is 30.6 Å². The highest BCUT2D eigenvalue weighted by molar-refractivity contribution is 7.13. The summed E-state index contributed by atoms with van der Waals surface area (Å²) in [5.74, 6) is 1.19. The zero-order valence-electron chi connectivity index (χ0n) is 19.2. The van der Waals surface area contributed by atoms with E-state index in [1.165, 1.54) is 0 Å². The molecular weight excluding hydrogens is 460 g/mol. The molecule has 4 aromatic rings. The van der Waals surface area contributed by atoms with Gasteiger partial charge in [0.15, 0.2) is 5.82 Å². The van der Waals surface area contributed by atoms with Gasteiger partial charge in [0.05, 0.1) is 23.0 Å². The summed E-state index contributed by atoms with van der Waals surface area (Å²) < 4.78 is 5.64. The lowest BCUT2D eigenvalue weighted by molar-refractivity contribution is -0.125. The van der Waals surface area contributed by atoms with Gasteiger partial charge in [0.25, 0.3) is 0 Å². The molecule has 0 saturated carbocycles. The molecule has 0 radical (unpaired) electrons. The van der Waals surface area contributed by atoms with Gasteiger partial charge < -0.3 is 15.0 Å². The molecule has 1 aliphatic heterocycles. The highest BCUT2D eigenvalue weighted by atomic mass is 32.1. The number of piperidine rings is 1. The number of nitrogens with zero attached hydrogens (tertiary/aromatic N) is 5. The Morgan fingerprint density at radius 3 is 2.57 bits per heavy atom. The predicted molar refractivity (Wildman–Crippen MR) is 136 cm³/mol. The van der Waals surface area contributed by atoms with Crippen LogP contribution in [0.5, 0.6) is 5.88 Å². The SMILES string of the molecule is O=C(NCCOc1ccc(-c2cccs2)nn1)C1CCCN(c2ccc(-c3ccccc3)nn2)C1. The maximum Gasteiger partial charge on any atom is 0.233 e. The van der Waals surface area contributed by atoms with Crippen molar-refractivity contribution in [1.82, 2.24) is 25.7 Å². The third kappa shape index (κ3) is 5.81. The first kappa shape index (κ1) is 22.9. The van der Waals surface area contributed by atoms with Crippen molar-refractivity contribution in [2.24, 2.45) is 5.92 Å². The van der Waals surface area contributed by atoms with Gasteiger partial charge in [-0.2, -0.15) is 0 Å². The summed E-state index contributed by atoms with van der Waals surface area (Å²) in [5, 5.41) is 22.1. The number of hydrogen-bond acceptors (Lipinski definition) is 8. The molecule has 178 valence electrons. The number of rotatable bonds is 8. The van der Waals surface area contributed by atoms with E-state index < -0.39 is 0 Å². The predicted octanol–water partition coefficient (Wildman–Crippen LogP) is 4.07. The van der Waals surface area contributed by atoms with Crippen molar-refractivity contribution in [2.45, 2.75) is 12.8 Å². The van der Waals surface area contributed by atoms with Crippen LogP contribution in [-0.4, -0.2) is 52.5 Å². The Morgan fingerprint density at radius 2 is 1.83 bits per heavy atom. The molecule has 1 saturated heterocycles. The zero-order valence-corrected chi connectivity index (χ0v) is 20.0. The standard InChI is InChI=1S/C26H26N6O2S/c33-26(27-14-16-34-25-13-11-22(29-31-25)23-9-5-17-35-23)20-8-4-15-32(18-20)24-12-10-21(28-30-24)19-6-2-1-3-7-19/h1-3,5-7,9-13,17,20H,4,8,14-16,18H2,(H,27,33). The smallest absolute Gasteiger partial charge is 0.233 e. The van der Waals surface area contributed by atoms with Crippen LogP contribution < -0.4 is 15.0 Å². The van der Waals surface area contributed by atoms with Crippen LogP contribution in [0.2, 0.25) is 0 Å². The van der Waals surface area contributed by atoms with E-state index in [-0.39, 0.29) is 11.8 Å². The molecular formula is C26H26N6O2S. The van der Waals surface area contributed by atoms with Crippen molar-refractivity contribution < 1.29 is 9.53 Å². The summed E-state index contributed by atoms with van der Waals surface area (Å²) in [7, 11) is 0. The van der Waals surface area contributed by atoms with Crippen LogP contribution >= 0.6 is 11.3 Å². The van der Waals surface area contributed by atoms with Crippen molar-refractivity contribution in [1.29, 1.82) is 0 Å². The number of thiophene rings is 1. The molecule has 1 aromatic carbocycles. The van der Waals surface area contributed by atoms with E-state index >= 15 is 0 Å². The minimum absolute atomic E-state index is 0.0336. The molecule has 3 aromatic heterocycles. The summed E-state index contributed by atoms with van der Waals surface area (Å²) in [6, 6.07) is 21.6. The number of ether oxygens (including phenoxy) is 1. The first-order valence-electron chi connectivity index (χ1n) is 11.7. The monoisotopic (exact) mass is 486 g/mol. The van der Waals surface area contributed by atoms with Crippen molar-refractivity contribution in [3.05, 3.63) is 72.1 Å². The molecule has 1 aliphatic rings. The van der Waals surface area contributed by atoms with E-state index in [0.717, 1.165) is 47.0 Å². The quantitative estimate of drug-likeness (QED) is 0.375. The lowest BCUT2D eigenvalue weighted by Crippen LogP contribution is -2.44. The van der Waals surface area contributed by atoms with Gasteiger partial charge in [0, 0.05) is 24.7 Å². The van der Waals surface area contributed by atoms with Crippen molar-refractivity contribution in [3.63, 3.8) is 0 Å². The fourth-order valence-corrected chi connectivity index (χ4v) is 4.77. The highest BCUT2D eigenvalue weighted by Gasteiger charge is 2.26. The van der Waals surface area contributed by atoms with E-state index in [0.29, 0.717) is 25.6 Å². The molecule has 0 bridgehead atoms. The molecule has 0 aliphatic carbocycles. The van der Waals surface area contributed by atoms with Gasteiger partial charge in [-0.05, 0) is 42.5 Å². The Labute approximate surface area is 208 Å². The van der Waals surface area contributed by atoms with E-state index in [4.69, 9.17) is 4.74 Å². The average Bonchev–Trinajstić information content (AvgIpc) is 3.47. The summed E-state index contributed by atoms with van der Waals surface area (Å²) in [6.45, 7) is 2.24. The summed E-state index contributed by atoms with van der Waals surface area (Å²) in [4.78, 5) is 15.9. The lowest BCUT2D eigenvalue weighted by Gasteiger charge is -2.32. The van der Waals surface area contributed by atoms with Crippen LogP contribution in [0.15, 0.2) is 72.1 Å². The van der Waals surface area contributed by atoms with Crippen molar-refractivity contribution >= 4 is 23.1 Å². The summed E-state index contributed by atoms with van der Waals surface area (Å²) >= 11 is 1.62. The third-order valence-corrected chi connectivity index (χ3v) is 6.79. The number of hydrogen-bond donors (Lipinski definition) is 1. The van der Waals surface area contributed by atoms with Gasteiger partial charge in [0.2, 0.25) is 11.8 Å². The van der Waals surface area contributed by atoms with Crippen LogP contribution in [0.1, 0.15) is 12.8 Å². The number of aromatic nitrogens is 4. The Balaban J connectivity index is 1.08. The molecule has 5 rings (SSSR count). The van der Waals surface area contributed by atoms with Crippen LogP contribution in [0.4, 0.5) is 5.82 Å². The average molecular weight is 487 g/mol. The van der Waals surface area contributed by atoms with E-state index in [1.807, 2.05) is 66.0 Å². The van der Waals surface area contributed by atoms with Gasteiger partial charge in [0.1, 0.15) is 12.3 Å². The summed E-state index contributed by atoms with van der Waals surface area (Å²) in [5.41, 5.74) is 2.70. The van der Waals surface area contributed by atoms with Gasteiger partial charge >= 0.3 is 0 Å². The molecule has 1 atom stereocenters.